The number of hydrogen-bond acceptors (Lipinski definition) is 6. The maximum Gasteiger partial charge on any atom is 0.255 e. The maximum absolute atomic E-state index is 12.6. The van der Waals surface area contributed by atoms with E-state index in [1.165, 1.54) is 17.7 Å². The lowest BCUT2D eigenvalue weighted by Gasteiger charge is -2.13. The molecule has 1 aromatic carbocycles. The van der Waals surface area contributed by atoms with Crippen LogP contribution < -0.4 is 19.8 Å². The lowest BCUT2D eigenvalue weighted by Crippen LogP contribution is -2.18. The van der Waals surface area contributed by atoms with Crippen molar-refractivity contribution < 1.29 is 19.3 Å². The van der Waals surface area contributed by atoms with Gasteiger partial charge in [-0.1, -0.05) is 12.6 Å². The molecule has 1 N–H and O–H groups in total. The molecule has 0 spiro atoms. The first-order valence-corrected chi connectivity index (χ1v) is 8.92. The van der Waals surface area contributed by atoms with E-state index in [4.69, 9.17) is 14.2 Å². The molecule has 0 atom stereocenters. The van der Waals surface area contributed by atoms with E-state index in [-0.39, 0.29) is 24.5 Å². The Morgan fingerprint density at radius 3 is 2.66 bits per heavy atom. The fraction of sp³-hybridized carbons (Fsp3) is 0.182. The number of aryl methyl sites for hydroxylation is 1. The first-order chi connectivity index (χ1) is 14.0. The summed E-state index contributed by atoms with van der Waals surface area (Å²) in [5.41, 5.74) is 2.02. The second-order valence-corrected chi connectivity index (χ2v) is 6.34. The number of aromatic nitrogens is 2. The van der Waals surface area contributed by atoms with E-state index in [1.54, 1.807) is 30.5 Å². The monoisotopic (exact) mass is 394 g/mol. The van der Waals surface area contributed by atoms with Gasteiger partial charge in [0, 0.05) is 30.1 Å². The van der Waals surface area contributed by atoms with Crippen LogP contribution >= 0.6 is 0 Å². The quantitative estimate of drug-likeness (QED) is 0.588. The molecular weight excluding hydrogens is 372 g/mol. The van der Waals surface area contributed by atoms with Crippen molar-refractivity contribution in [3.05, 3.63) is 88.7 Å². The van der Waals surface area contributed by atoms with E-state index in [9.17, 15) is 9.90 Å². The number of rotatable bonds is 8. The lowest BCUT2D eigenvalue weighted by molar-refractivity contribution is 0.261. The average molecular weight is 394 g/mol. The average Bonchev–Trinajstić information content (AvgIpc) is 2.71. The van der Waals surface area contributed by atoms with E-state index in [0.717, 1.165) is 11.3 Å². The van der Waals surface area contributed by atoms with E-state index < -0.39 is 0 Å². The molecule has 0 aliphatic rings. The molecular formula is C22H22N2O5. The number of aliphatic hydroxyl groups is 1. The summed E-state index contributed by atoms with van der Waals surface area (Å²) in [5.74, 6) is 1.30. The van der Waals surface area contributed by atoms with Crippen molar-refractivity contribution in [3.8, 4) is 23.1 Å². The topological polar surface area (TPSA) is 82.8 Å². The van der Waals surface area contributed by atoms with Gasteiger partial charge in [-0.2, -0.15) is 0 Å². The Hall–Kier alpha value is -3.74. The Kier molecular flexibility index (Phi) is 6.19. The smallest absolute Gasteiger partial charge is 0.255 e. The predicted molar refractivity (Wildman–Crippen MR) is 109 cm³/mol. The molecule has 0 amide bonds. The minimum atomic E-state index is -0.206. The zero-order valence-corrected chi connectivity index (χ0v) is 16.3. The van der Waals surface area contributed by atoms with Crippen LogP contribution in [0.3, 0.4) is 0 Å². The molecule has 0 aliphatic carbocycles. The van der Waals surface area contributed by atoms with Crippen LogP contribution in [0.2, 0.25) is 0 Å². The highest BCUT2D eigenvalue weighted by Crippen LogP contribution is 2.29. The lowest BCUT2D eigenvalue weighted by atomic mass is 10.2. The van der Waals surface area contributed by atoms with Gasteiger partial charge in [-0.3, -0.25) is 9.36 Å². The van der Waals surface area contributed by atoms with Gasteiger partial charge in [0.15, 0.2) is 11.5 Å². The minimum absolute atomic E-state index is 0.0415. The number of methoxy groups -OCH3 is 1. The number of hydrogen-bond donors (Lipinski definition) is 1. The van der Waals surface area contributed by atoms with Crippen molar-refractivity contribution >= 4 is 0 Å². The van der Waals surface area contributed by atoms with Gasteiger partial charge in [-0.25, -0.2) is 4.98 Å². The molecule has 3 aromatic rings. The molecule has 0 bridgehead atoms. The van der Waals surface area contributed by atoms with E-state index in [2.05, 4.69) is 11.6 Å². The van der Waals surface area contributed by atoms with Gasteiger partial charge in [0.1, 0.15) is 19.0 Å². The van der Waals surface area contributed by atoms with Crippen molar-refractivity contribution in [2.45, 2.75) is 13.5 Å². The van der Waals surface area contributed by atoms with Gasteiger partial charge in [-0.05, 0) is 36.8 Å². The van der Waals surface area contributed by atoms with Crippen molar-refractivity contribution in [1.82, 2.24) is 9.55 Å². The summed E-state index contributed by atoms with van der Waals surface area (Å²) in [7, 11) is 1.50. The molecule has 0 fully saturated rings. The molecule has 7 heteroatoms. The van der Waals surface area contributed by atoms with E-state index >= 15 is 0 Å². The fourth-order valence-electron chi connectivity index (χ4n) is 2.67. The molecule has 29 heavy (non-hydrogen) atoms. The molecule has 150 valence electrons. The Balaban J connectivity index is 1.77. The molecule has 2 aromatic heterocycles. The molecule has 0 saturated heterocycles. The maximum atomic E-state index is 12.6. The summed E-state index contributed by atoms with van der Waals surface area (Å²) < 4.78 is 17.9. The molecule has 0 unspecified atom stereocenters. The highest BCUT2D eigenvalue weighted by Gasteiger charge is 2.09. The number of nitrogens with zero attached hydrogens (tertiary/aromatic N) is 2. The molecule has 7 nitrogen and oxygen atoms in total. The van der Waals surface area contributed by atoms with E-state index in [1.807, 2.05) is 25.1 Å². The Labute approximate surface area is 168 Å². The number of benzene rings is 1. The van der Waals surface area contributed by atoms with Crippen molar-refractivity contribution in [3.63, 3.8) is 0 Å². The predicted octanol–water partition coefficient (Wildman–Crippen LogP) is 3.58. The van der Waals surface area contributed by atoms with Crippen LogP contribution in [-0.4, -0.2) is 28.4 Å². The highest BCUT2D eigenvalue weighted by molar-refractivity contribution is 5.49. The van der Waals surface area contributed by atoms with Gasteiger partial charge in [-0.15, -0.1) is 0 Å². The Bertz CT molecular complexity index is 1070. The van der Waals surface area contributed by atoms with E-state index in [0.29, 0.717) is 23.1 Å². The third-order valence-corrected chi connectivity index (χ3v) is 4.05. The SMILES string of the molecule is C=C(O)COc1ccc(-n2ccc(COc3cccc(C)n3)cc2=O)cc1OC. The minimum Gasteiger partial charge on any atom is -0.509 e. The van der Waals surface area contributed by atoms with Crippen LogP contribution in [0.4, 0.5) is 0 Å². The van der Waals surface area contributed by atoms with Crippen LogP contribution in [0.25, 0.3) is 5.69 Å². The molecule has 3 rings (SSSR count). The van der Waals surface area contributed by atoms with Gasteiger partial charge < -0.3 is 19.3 Å². The van der Waals surface area contributed by atoms with Crippen LogP contribution in [0.15, 0.2) is 71.9 Å². The number of aliphatic hydroxyl groups excluding tert-OH is 1. The normalized spacial score (nSPS) is 10.4. The second-order valence-electron chi connectivity index (χ2n) is 6.34. The van der Waals surface area contributed by atoms with Crippen molar-refractivity contribution in [1.29, 1.82) is 0 Å². The number of ether oxygens (including phenoxy) is 3. The summed E-state index contributed by atoms with van der Waals surface area (Å²) in [6, 6.07) is 13.9. The summed E-state index contributed by atoms with van der Waals surface area (Å²) in [6.07, 6.45) is 1.68. The zero-order chi connectivity index (χ0) is 20.8. The first kappa shape index (κ1) is 20.0. The zero-order valence-electron chi connectivity index (χ0n) is 16.3. The summed E-state index contributed by atoms with van der Waals surface area (Å²) >= 11 is 0. The molecule has 2 heterocycles. The third-order valence-electron chi connectivity index (χ3n) is 4.05. The summed E-state index contributed by atoms with van der Waals surface area (Å²) in [4.78, 5) is 16.9. The van der Waals surface area contributed by atoms with Crippen LogP contribution in [0.1, 0.15) is 11.3 Å². The summed E-state index contributed by atoms with van der Waals surface area (Å²) in [5, 5.41) is 9.18. The van der Waals surface area contributed by atoms with Crippen molar-refractivity contribution in [2.75, 3.05) is 13.7 Å². The molecule has 0 radical (unpaired) electrons. The standard InChI is InChI=1S/C22H22N2O5/c1-15-5-4-6-21(23-15)29-14-17-9-10-24(22(26)11-17)18-7-8-19(20(12-18)27-3)28-13-16(2)25/h4-12,25H,2,13-14H2,1,3H3. The van der Waals surface area contributed by atoms with Crippen LogP contribution in [0.5, 0.6) is 17.4 Å². The highest BCUT2D eigenvalue weighted by atomic mass is 16.5. The number of pyridine rings is 2. The molecule has 0 saturated carbocycles. The first-order valence-electron chi connectivity index (χ1n) is 8.92. The summed E-state index contributed by atoms with van der Waals surface area (Å²) in [6.45, 7) is 5.47. The Morgan fingerprint density at radius 2 is 1.97 bits per heavy atom. The second kappa shape index (κ2) is 8.97. The third kappa shape index (κ3) is 5.16. The molecule has 0 aliphatic heterocycles. The van der Waals surface area contributed by atoms with Crippen molar-refractivity contribution in [2.24, 2.45) is 0 Å². The largest absolute Gasteiger partial charge is 0.509 e. The Morgan fingerprint density at radius 1 is 1.14 bits per heavy atom. The van der Waals surface area contributed by atoms with Crippen LogP contribution in [0, 0.1) is 6.92 Å². The van der Waals surface area contributed by atoms with Gasteiger partial charge in [0.2, 0.25) is 5.88 Å². The van der Waals surface area contributed by atoms with Gasteiger partial charge in [0.25, 0.3) is 5.56 Å². The van der Waals surface area contributed by atoms with Gasteiger partial charge in [0.05, 0.1) is 12.8 Å². The van der Waals surface area contributed by atoms with Gasteiger partial charge >= 0.3 is 0 Å². The van der Waals surface area contributed by atoms with Crippen LogP contribution in [-0.2, 0) is 6.61 Å². The fourth-order valence-corrected chi connectivity index (χ4v) is 2.67.